The first kappa shape index (κ1) is 18.2. The van der Waals surface area contributed by atoms with Crippen molar-refractivity contribution in [2.24, 2.45) is 0 Å². The third-order valence-electron chi connectivity index (χ3n) is 4.79. The molecule has 6 nitrogen and oxygen atoms in total. The number of rotatable bonds is 5. The molecule has 3 rings (SSSR count). The molecule has 1 aromatic carbocycles. The highest BCUT2D eigenvalue weighted by Crippen LogP contribution is 2.26. The molecular formula is C20H26N4O2. The van der Waals surface area contributed by atoms with E-state index < -0.39 is 0 Å². The number of esters is 1. The highest BCUT2D eigenvalue weighted by molar-refractivity contribution is 5.89. The van der Waals surface area contributed by atoms with Gasteiger partial charge in [-0.1, -0.05) is 13.0 Å². The normalized spacial score (nSPS) is 14.5. The topological polar surface area (TPSA) is 67.4 Å². The van der Waals surface area contributed by atoms with Gasteiger partial charge in [0.25, 0.3) is 0 Å². The molecule has 0 bridgehead atoms. The molecule has 0 amide bonds. The number of nitrogens with zero attached hydrogens (tertiary/aromatic N) is 3. The van der Waals surface area contributed by atoms with Crippen LogP contribution in [0.5, 0.6) is 0 Å². The number of carbonyl (C=O) groups is 1. The molecule has 0 saturated heterocycles. The van der Waals surface area contributed by atoms with Crippen LogP contribution < -0.4 is 10.2 Å². The molecule has 0 aliphatic carbocycles. The molecule has 1 atom stereocenters. The smallest absolute Gasteiger partial charge is 0.337 e. The standard InChI is InChI=1S/C20H26N4O2/c1-5-13(2)21-18-11-19(23-14(3)22-18)24-9-8-15-10-16(20(25)26-4)6-7-17(15)12-24/h6-7,10-11,13H,5,8-9,12H2,1-4H3,(H,21,22,23)/t13-/m1/s1. The fourth-order valence-electron chi connectivity index (χ4n) is 3.14. The number of anilines is 2. The van der Waals surface area contributed by atoms with Gasteiger partial charge in [0.15, 0.2) is 0 Å². The Hall–Kier alpha value is -2.63. The van der Waals surface area contributed by atoms with E-state index >= 15 is 0 Å². The number of aryl methyl sites for hydroxylation is 1. The summed E-state index contributed by atoms with van der Waals surface area (Å²) in [7, 11) is 1.41. The number of methoxy groups -OCH3 is 1. The lowest BCUT2D eigenvalue weighted by Gasteiger charge is -2.30. The fourth-order valence-corrected chi connectivity index (χ4v) is 3.14. The van der Waals surface area contributed by atoms with Crippen LogP contribution in [-0.2, 0) is 17.7 Å². The third kappa shape index (κ3) is 3.95. The van der Waals surface area contributed by atoms with Gasteiger partial charge in [-0.3, -0.25) is 0 Å². The molecule has 2 heterocycles. The maximum atomic E-state index is 11.7. The van der Waals surface area contributed by atoms with Gasteiger partial charge in [-0.15, -0.1) is 0 Å². The molecule has 1 aromatic heterocycles. The van der Waals surface area contributed by atoms with Gasteiger partial charge in [-0.25, -0.2) is 14.8 Å². The summed E-state index contributed by atoms with van der Waals surface area (Å²) in [5.41, 5.74) is 3.03. The molecule has 1 N–H and O–H groups in total. The maximum Gasteiger partial charge on any atom is 0.337 e. The van der Waals surface area contributed by atoms with E-state index in [1.165, 1.54) is 18.2 Å². The van der Waals surface area contributed by atoms with Crippen LogP contribution in [-0.4, -0.2) is 35.6 Å². The summed E-state index contributed by atoms with van der Waals surface area (Å²) in [6.45, 7) is 7.85. The summed E-state index contributed by atoms with van der Waals surface area (Å²) in [5, 5.41) is 3.43. The Morgan fingerprint density at radius 1 is 1.31 bits per heavy atom. The molecule has 0 spiro atoms. The number of benzene rings is 1. The minimum absolute atomic E-state index is 0.289. The summed E-state index contributed by atoms with van der Waals surface area (Å²) in [6, 6.07) is 8.18. The van der Waals surface area contributed by atoms with E-state index in [4.69, 9.17) is 4.74 Å². The molecular weight excluding hydrogens is 328 g/mol. The quantitative estimate of drug-likeness (QED) is 0.831. The van der Waals surface area contributed by atoms with Crippen LogP contribution in [0, 0.1) is 6.92 Å². The number of fused-ring (bicyclic) bond motifs is 1. The van der Waals surface area contributed by atoms with Gasteiger partial charge in [-0.05, 0) is 49.9 Å². The van der Waals surface area contributed by atoms with Gasteiger partial charge >= 0.3 is 5.97 Å². The first-order chi connectivity index (χ1) is 12.5. The molecule has 6 heteroatoms. The van der Waals surface area contributed by atoms with E-state index in [-0.39, 0.29) is 5.97 Å². The van der Waals surface area contributed by atoms with Crippen molar-refractivity contribution in [3.8, 4) is 0 Å². The summed E-state index contributed by atoms with van der Waals surface area (Å²) in [4.78, 5) is 23.1. The first-order valence-corrected chi connectivity index (χ1v) is 9.07. The lowest BCUT2D eigenvalue weighted by atomic mass is 9.97. The van der Waals surface area contributed by atoms with Gasteiger partial charge in [0.1, 0.15) is 17.5 Å². The second kappa shape index (κ2) is 7.72. The summed E-state index contributed by atoms with van der Waals surface area (Å²) in [5.74, 6) is 2.28. The van der Waals surface area contributed by atoms with E-state index in [0.29, 0.717) is 11.6 Å². The van der Waals surface area contributed by atoms with Crippen LogP contribution in [0.1, 0.15) is 47.6 Å². The van der Waals surface area contributed by atoms with Crippen LogP contribution in [0.25, 0.3) is 0 Å². The SMILES string of the molecule is CC[C@@H](C)Nc1cc(N2CCc3cc(C(=O)OC)ccc3C2)nc(C)n1. The Morgan fingerprint density at radius 3 is 2.85 bits per heavy atom. The number of hydrogen-bond donors (Lipinski definition) is 1. The van der Waals surface area contributed by atoms with Crippen LogP contribution in [0.2, 0.25) is 0 Å². The molecule has 0 radical (unpaired) electrons. The maximum absolute atomic E-state index is 11.7. The summed E-state index contributed by atoms with van der Waals surface area (Å²) in [6.07, 6.45) is 1.91. The highest BCUT2D eigenvalue weighted by atomic mass is 16.5. The Bertz CT molecular complexity index is 806. The zero-order chi connectivity index (χ0) is 18.7. The molecule has 0 fully saturated rings. The van der Waals surface area contributed by atoms with Crippen molar-refractivity contribution in [2.45, 2.75) is 46.2 Å². The Balaban J connectivity index is 1.81. The second-order valence-electron chi connectivity index (χ2n) is 6.76. The van der Waals surface area contributed by atoms with Gasteiger partial charge in [0.05, 0.1) is 12.7 Å². The van der Waals surface area contributed by atoms with Crippen LogP contribution >= 0.6 is 0 Å². The van der Waals surface area contributed by atoms with Crippen molar-refractivity contribution in [3.63, 3.8) is 0 Å². The van der Waals surface area contributed by atoms with E-state index in [9.17, 15) is 4.79 Å². The minimum atomic E-state index is -0.289. The van der Waals surface area contributed by atoms with Crippen molar-refractivity contribution >= 4 is 17.6 Å². The Morgan fingerprint density at radius 2 is 2.12 bits per heavy atom. The number of ether oxygens (including phenoxy) is 1. The van der Waals surface area contributed by atoms with Crippen molar-refractivity contribution in [1.29, 1.82) is 0 Å². The van der Waals surface area contributed by atoms with E-state index in [1.807, 2.05) is 31.2 Å². The number of carbonyl (C=O) groups excluding carboxylic acids is 1. The van der Waals surface area contributed by atoms with E-state index in [1.54, 1.807) is 0 Å². The monoisotopic (exact) mass is 354 g/mol. The number of nitrogens with one attached hydrogen (secondary N) is 1. The fraction of sp³-hybridized carbons (Fsp3) is 0.450. The van der Waals surface area contributed by atoms with Crippen LogP contribution in [0.4, 0.5) is 11.6 Å². The van der Waals surface area contributed by atoms with E-state index in [0.717, 1.165) is 43.4 Å². The van der Waals surface area contributed by atoms with Gasteiger partial charge in [0.2, 0.25) is 0 Å². The first-order valence-electron chi connectivity index (χ1n) is 9.07. The van der Waals surface area contributed by atoms with Crippen LogP contribution in [0.15, 0.2) is 24.3 Å². The average molecular weight is 354 g/mol. The third-order valence-corrected chi connectivity index (χ3v) is 4.79. The summed E-state index contributed by atoms with van der Waals surface area (Å²) >= 11 is 0. The minimum Gasteiger partial charge on any atom is -0.465 e. The van der Waals surface area contributed by atoms with Gasteiger partial charge in [0, 0.05) is 25.2 Å². The van der Waals surface area contributed by atoms with Crippen molar-refractivity contribution in [1.82, 2.24) is 9.97 Å². The van der Waals surface area contributed by atoms with Crippen molar-refractivity contribution < 1.29 is 9.53 Å². The molecule has 2 aromatic rings. The second-order valence-corrected chi connectivity index (χ2v) is 6.76. The number of aromatic nitrogens is 2. The molecule has 26 heavy (non-hydrogen) atoms. The Labute approximate surface area is 154 Å². The Kier molecular flexibility index (Phi) is 5.40. The molecule has 0 unspecified atom stereocenters. The zero-order valence-corrected chi connectivity index (χ0v) is 15.9. The zero-order valence-electron chi connectivity index (χ0n) is 15.9. The van der Waals surface area contributed by atoms with Crippen molar-refractivity contribution in [2.75, 3.05) is 23.9 Å². The summed E-state index contributed by atoms with van der Waals surface area (Å²) < 4.78 is 4.81. The number of hydrogen-bond acceptors (Lipinski definition) is 6. The predicted octanol–water partition coefficient (Wildman–Crippen LogP) is 3.34. The lowest BCUT2D eigenvalue weighted by Crippen LogP contribution is -2.31. The molecule has 1 aliphatic rings. The molecule has 0 saturated carbocycles. The van der Waals surface area contributed by atoms with Crippen LogP contribution in [0.3, 0.4) is 0 Å². The van der Waals surface area contributed by atoms with Gasteiger partial charge in [-0.2, -0.15) is 0 Å². The molecule has 1 aliphatic heterocycles. The highest BCUT2D eigenvalue weighted by Gasteiger charge is 2.20. The predicted molar refractivity (Wildman–Crippen MR) is 103 cm³/mol. The van der Waals surface area contributed by atoms with Crippen molar-refractivity contribution in [3.05, 3.63) is 46.8 Å². The average Bonchev–Trinajstić information content (AvgIpc) is 2.65. The lowest BCUT2D eigenvalue weighted by molar-refractivity contribution is 0.0600. The molecule has 138 valence electrons. The van der Waals surface area contributed by atoms with E-state index in [2.05, 4.69) is 34.0 Å². The van der Waals surface area contributed by atoms with Gasteiger partial charge < -0.3 is 15.0 Å². The largest absolute Gasteiger partial charge is 0.465 e.